The maximum atomic E-state index is 5.74. The zero-order valence-corrected chi connectivity index (χ0v) is 10.0. The summed E-state index contributed by atoms with van der Waals surface area (Å²) < 4.78 is 1.94. The summed E-state index contributed by atoms with van der Waals surface area (Å²) in [5.74, 6) is 0.994. The summed E-state index contributed by atoms with van der Waals surface area (Å²) >= 11 is 0. The third kappa shape index (κ3) is 3.60. The highest BCUT2D eigenvalue weighted by Crippen LogP contribution is 2.07. The summed E-state index contributed by atoms with van der Waals surface area (Å²) in [6.45, 7) is 7.86. The molecule has 0 saturated heterocycles. The maximum absolute atomic E-state index is 5.74. The standard InChI is InChI=1S/C10H21N5/c1-8(2)15-10(12-7-13-15)6-14(4)5-9(3)11/h7-9H,5-6,11H2,1-4H3. The van der Waals surface area contributed by atoms with Gasteiger partial charge >= 0.3 is 0 Å². The van der Waals surface area contributed by atoms with E-state index in [1.54, 1.807) is 6.33 Å². The Kier molecular flexibility index (Phi) is 4.23. The van der Waals surface area contributed by atoms with Gasteiger partial charge in [0.15, 0.2) is 0 Å². The largest absolute Gasteiger partial charge is 0.327 e. The lowest BCUT2D eigenvalue weighted by Gasteiger charge is -2.19. The molecule has 1 rings (SSSR count). The molecular formula is C10H21N5. The summed E-state index contributed by atoms with van der Waals surface area (Å²) in [6.07, 6.45) is 1.61. The third-order valence-corrected chi connectivity index (χ3v) is 2.15. The van der Waals surface area contributed by atoms with E-state index in [2.05, 4.69) is 28.8 Å². The first-order valence-corrected chi connectivity index (χ1v) is 5.33. The Balaban J connectivity index is 2.60. The second-order valence-corrected chi connectivity index (χ2v) is 4.39. The van der Waals surface area contributed by atoms with E-state index in [4.69, 9.17) is 5.73 Å². The van der Waals surface area contributed by atoms with Crippen molar-refractivity contribution in [2.45, 2.75) is 39.4 Å². The minimum absolute atomic E-state index is 0.186. The molecule has 0 aromatic carbocycles. The fourth-order valence-electron chi connectivity index (χ4n) is 1.62. The highest BCUT2D eigenvalue weighted by Gasteiger charge is 2.10. The molecule has 86 valence electrons. The Hall–Kier alpha value is -0.940. The van der Waals surface area contributed by atoms with Gasteiger partial charge in [-0.15, -0.1) is 0 Å². The van der Waals surface area contributed by atoms with Crippen molar-refractivity contribution < 1.29 is 0 Å². The monoisotopic (exact) mass is 211 g/mol. The van der Waals surface area contributed by atoms with Crippen LogP contribution >= 0.6 is 0 Å². The van der Waals surface area contributed by atoms with Crippen LogP contribution in [-0.2, 0) is 6.54 Å². The number of likely N-dealkylation sites (N-methyl/N-ethyl adjacent to an activating group) is 1. The van der Waals surface area contributed by atoms with Crippen LogP contribution in [0.25, 0.3) is 0 Å². The van der Waals surface area contributed by atoms with E-state index in [9.17, 15) is 0 Å². The van der Waals surface area contributed by atoms with Crippen LogP contribution in [0.3, 0.4) is 0 Å². The Morgan fingerprint density at radius 3 is 2.67 bits per heavy atom. The van der Waals surface area contributed by atoms with Crippen molar-refractivity contribution in [1.82, 2.24) is 19.7 Å². The molecule has 0 amide bonds. The number of nitrogens with two attached hydrogens (primary N) is 1. The number of hydrogen-bond donors (Lipinski definition) is 1. The number of nitrogens with zero attached hydrogens (tertiary/aromatic N) is 4. The molecule has 1 atom stereocenters. The normalized spacial score (nSPS) is 13.8. The highest BCUT2D eigenvalue weighted by atomic mass is 15.4. The van der Waals surface area contributed by atoms with Gasteiger partial charge in [-0.25, -0.2) is 9.67 Å². The lowest BCUT2D eigenvalue weighted by molar-refractivity contribution is 0.292. The fourth-order valence-corrected chi connectivity index (χ4v) is 1.62. The molecule has 0 bridgehead atoms. The summed E-state index contributed by atoms with van der Waals surface area (Å²) in [7, 11) is 2.04. The van der Waals surface area contributed by atoms with Crippen LogP contribution in [0.4, 0.5) is 0 Å². The molecule has 1 heterocycles. The zero-order valence-electron chi connectivity index (χ0n) is 10.0. The van der Waals surface area contributed by atoms with Crippen LogP contribution in [0.5, 0.6) is 0 Å². The van der Waals surface area contributed by atoms with Crippen LogP contribution in [0, 0.1) is 0 Å². The predicted octanol–water partition coefficient (Wildman–Crippen LogP) is 0.638. The van der Waals surface area contributed by atoms with Gasteiger partial charge in [0.05, 0.1) is 6.54 Å². The van der Waals surface area contributed by atoms with Crippen molar-refractivity contribution in [3.8, 4) is 0 Å². The smallest absolute Gasteiger partial charge is 0.141 e. The van der Waals surface area contributed by atoms with E-state index in [0.717, 1.165) is 18.9 Å². The van der Waals surface area contributed by atoms with Gasteiger partial charge in [0.25, 0.3) is 0 Å². The second kappa shape index (κ2) is 5.23. The average molecular weight is 211 g/mol. The molecule has 0 aliphatic rings. The average Bonchev–Trinajstić information content (AvgIpc) is 2.50. The van der Waals surface area contributed by atoms with Crippen molar-refractivity contribution in [2.24, 2.45) is 5.73 Å². The van der Waals surface area contributed by atoms with Crippen molar-refractivity contribution in [2.75, 3.05) is 13.6 Å². The minimum atomic E-state index is 0.186. The lowest BCUT2D eigenvalue weighted by Crippen LogP contribution is -2.33. The molecule has 0 aliphatic heterocycles. The van der Waals surface area contributed by atoms with E-state index in [-0.39, 0.29) is 6.04 Å². The van der Waals surface area contributed by atoms with Crippen molar-refractivity contribution in [3.05, 3.63) is 12.2 Å². The van der Waals surface area contributed by atoms with Gasteiger partial charge < -0.3 is 5.73 Å². The van der Waals surface area contributed by atoms with Crippen molar-refractivity contribution >= 4 is 0 Å². The molecule has 1 unspecified atom stereocenters. The van der Waals surface area contributed by atoms with E-state index in [1.807, 2.05) is 18.7 Å². The molecule has 0 fully saturated rings. The molecular weight excluding hydrogens is 190 g/mol. The lowest BCUT2D eigenvalue weighted by atomic mass is 10.3. The van der Waals surface area contributed by atoms with Gasteiger partial charge in [0.1, 0.15) is 12.2 Å². The molecule has 0 aliphatic carbocycles. The van der Waals surface area contributed by atoms with Crippen LogP contribution in [0.1, 0.15) is 32.6 Å². The van der Waals surface area contributed by atoms with Gasteiger partial charge in [-0.1, -0.05) is 0 Å². The van der Waals surface area contributed by atoms with E-state index >= 15 is 0 Å². The SMILES string of the molecule is CC(N)CN(C)Cc1ncnn1C(C)C. The predicted molar refractivity (Wildman–Crippen MR) is 60.4 cm³/mol. The fraction of sp³-hybridized carbons (Fsp3) is 0.800. The summed E-state index contributed by atoms with van der Waals surface area (Å²) in [6, 6.07) is 0.539. The second-order valence-electron chi connectivity index (χ2n) is 4.39. The van der Waals surface area contributed by atoms with Gasteiger partial charge in [-0.2, -0.15) is 5.10 Å². The molecule has 0 radical (unpaired) electrons. The van der Waals surface area contributed by atoms with Gasteiger partial charge in [-0.05, 0) is 27.8 Å². The molecule has 2 N–H and O–H groups in total. The molecule has 0 spiro atoms. The van der Waals surface area contributed by atoms with Crippen LogP contribution in [0.15, 0.2) is 6.33 Å². The van der Waals surface area contributed by atoms with Crippen LogP contribution in [-0.4, -0.2) is 39.3 Å². The molecule has 15 heavy (non-hydrogen) atoms. The Morgan fingerprint density at radius 2 is 2.13 bits per heavy atom. The quantitative estimate of drug-likeness (QED) is 0.776. The number of aromatic nitrogens is 3. The van der Waals surface area contributed by atoms with Crippen molar-refractivity contribution in [1.29, 1.82) is 0 Å². The van der Waals surface area contributed by atoms with E-state index in [1.165, 1.54) is 0 Å². The summed E-state index contributed by atoms with van der Waals surface area (Å²) in [5, 5.41) is 4.20. The van der Waals surface area contributed by atoms with Crippen molar-refractivity contribution in [3.63, 3.8) is 0 Å². The Labute approximate surface area is 91.3 Å². The highest BCUT2D eigenvalue weighted by molar-refractivity contribution is 4.86. The van der Waals surface area contributed by atoms with E-state index < -0.39 is 0 Å². The van der Waals surface area contributed by atoms with Gasteiger partial charge in [-0.3, -0.25) is 4.90 Å². The molecule has 0 saturated carbocycles. The molecule has 1 aromatic heterocycles. The first-order chi connectivity index (χ1) is 7.00. The van der Waals surface area contributed by atoms with Gasteiger partial charge in [0.2, 0.25) is 0 Å². The number of rotatable bonds is 5. The van der Waals surface area contributed by atoms with Gasteiger partial charge in [0, 0.05) is 18.6 Å². The minimum Gasteiger partial charge on any atom is -0.327 e. The Bertz CT molecular complexity index is 292. The van der Waals surface area contributed by atoms with Crippen LogP contribution in [0.2, 0.25) is 0 Å². The third-order valence-electron chi connectivity index (χ3n) is 2.15. The summed E-state index contributed by atoms with van der Waals surface area (Å²) in [4.78, 5) is 6.41. The van der Waals surface area contributed by atoms with Crippen LogP contribution < -0.4 is 5.73 Å². The van der Waals surface area contributed by atoms with E-state index in [0.29, 0.717) is 6.04 Å². The molecule has 5 heteroatoms. The molecule has 5 nitrogen and oxygen atoms in total. The number of hydrogen-bond acceptors (Lipinski definition) is 4. The Morgan fingerprint density at radius 1 is 1.47 bits per heavy atom. The first-order valence-electron chi connectivity index (χ1n) is 5.33. The zero-order chi connectivity index (χ0) is 11.4. The summed E-state index contributed by atoms with van der Waals surface area (Å²) in [5.41, 5.74) is 5.74. The first kappa shape index (κ1) is 12.1. The topological polar surface area (TPSA) is 60.0 Å². The maximum Gasteiger partial charge on any atom is 0.141 e. The molecule has 1 aromatic rings.